The first-order valence-electron chi connectivity index (χ1n) is 3.95. The van der Waals surface area contributed by atoms with Crippen molar-refractivity contribution in [2.45, 2.75) is 15.9 Å². The number of alkyl halides is 3. The van der Waals surface area contributed by atoms with Crippen LogP contribution in [0.3, 0.4) is 0 Å². The van der Waals surface area contributed by atoms with Gasteiger partial charge in [0.1, 0.15) is 0 Å². The van der Waals surface area contributed by atoms with Gasteiger partial charge in [0.15, 0.2) is 9.84 Å². The van der Waals surface area contributed by atoms with Gasteiger partial charge in [-0.15, -0.1) is 0 Å². The fraction of sp³-hybridized carbons (Fsp3) is 0.833. The number of hydrogen-bond donors (Lipinski definition) is 2. The molecule has 1 amide bonds. The number of rotatable bonds is 1. The summed E-state index contributed by atoms with van der Waals surface area (Å²) >= 11 is 15.9. The van der Waals surface area contributed by atoms with E-state index in [1.165, 1.54) is 0 Å². The van der Waals surface area contributed by atoms with Crippen LogP contribution >= 0.6 is 34.8 Å². The lowest BCUT2D eigenvalue weighted by Crippen LogP contribution is -2.50. The predicted molar refractivity (Wildman–Crippen MR) is 58.8 cm³/mol. The van der Waals surface area contributed by atoms with Crippen molar-refractivity contribution >= 4 is 50.5 Å². The van der Waals surface area contributed by atoms with Gasteiger partial charge < -0.3 is 11.1 Å². The molecule has 0 aromatic heterocycles. The molecule has 0 aromatic carbocycles. The maximum absolute atomic E-state index is 11.2. The number of hydrogen-bond acceptors (Lipinski definition) is 4. The highest BCUT2D eigenvalue weighted by molar-refractivity contribution is 7.91. The third kappa shape index (κ3) is 3.64. The van der Waals surface area contributed by atoms with Crippen molar-refractivity contribution in [2.75, 3.05) is 11.5 Å². The maximum Gasteiger partial charge on any atom is 0.272 e. The second kappa shape index (κ2) is 4.25. The van der Waals surface area contributed by atoms with Gasteiger partial charge in [0.2, 0.25) is 0 Å². The van der Waals surface area contributed by atoms with Crippen molar-refractivity contribution in [2.24, 2.45) is 5.73 Å². The van der Waals surface area contributed by atoms with E-state index in [-0.39, 0.29) is 11.5 Å². The largest absolute Gasteiger partial charge is 0.347 e. The molecule has 1 fully saturated rings. The molecule has 0 aliphatic carbocycles. The van der Waals surface area contributed by atoms with Crippen LogP contribution in [0.2, 0.25) is 0 Å². The number of carbonyl (C=O) groups excluding carboxylic acids is 1. The summed E-state index contributed by atoms with van der Waals surface area (Å²) in [6.45, 7) is 0. The first-order chi connectivity index (χ1) is 6.62. The molecule has 1 aliphatic heterocycles. The van der Waals surface area contributed by atoms with Crippen LogP contribution in [0.4, 0.5) is 0 Å². The summed E-state index contributed by atoms with van der Waals surface area (Å²) in [4.78, 5) is 11.2. The van der Waals surface area contributed by atoms with Crippen LogP contribution in [0, 0.1) is 0 Å². The van der Waals surface area contributed by atoms with E-state index in [0.717, 1.165) is 0 Å². The van der Waals surface area contributed by atoms with Gasteiger partial charge in [-0.1, -0.05) is 34.8 Å². The molecule has 0 radical (unpaired) electrons. The van der Waals surface area contributed by atoms with Gasteiger partial charge in [-0.2, -0.15) is 0 Å². The predicted octanol–water partition coefficient (Wildman–Crippen LogP) is -0.403. The number of nitrogens with two attached hydrogens (primary N) is 1. The first-order valence-corrected chi connectivity index (χ1v) is 6.91. The van der Waals surface area contributed by atoms with Crippen molar-refractivity contribution in [3.8, 4) is 0 Å². The molecule has 2 atom stereocenters. The van der Waals surface area contributed by atoms with Crippen LogP contribution in [-0.2, 0) is 14.6 Å². The van der Waals surface area contributed by atoms with E-state index in [4.69, 9.17) is 40.5 Å². The van der Waals surface area contributed by atoms with E-state index in [0.29, 0.717) is 0 Å². The Kier molecular flexibility index (Phi) is 3.78. The summed E-state index contributed by atoms with van der Waals surface area (Å²) in [6, 6.07) is -1.36. The molecule has 0 bridgehead atoms. The van der Waals surface area contributed by atoms with Gasteiger partial charge in [0, 0.05) is 6.04 Å². The molecule has 1 saturated heterocycles. The first kappa shape index (κ1) is 13.3. The third-order valence-corrected chi connectivity index (χ3v) is 4.25. The van der Waals surface area contributed by atoms with Crippen LogP contribution in [-0.4, -0.2) is 41.7 Å². The van der Waals surface area contributed by atoms with Crippen molar-refractivity contribution in [1.82, 2.24) is 5.32 Å². The molecule has 15 heavy (non-hydrogen) atoms. The molecule has 5 nitrogen and oxygen atoms in total. The Hall–Kier alpha value is 0.250. The van der Waals surface area contributed by atoms with Gasteiger partial charge in [0.25, 0.3) is 9.70 Å². The smallest absolute Gasteiger partial charge is 0.272 e. The zero-order valence-corrected chi connectivity index (χ0v) is 10.5. The van der Waals surface area contributed by atoms with Gasteiger partial charge in [-0.25, -0.2) is 8.42 Å². The SMILES string of the molecule is N[C@@H]1CS(=O)(=O)C[C@@H]1NC(=O)C(Cl)(Cl)Cl. The van der Waals surface area contributed by atoms with Gasteiger partial charge in [-0.05, 0) is 0 Å². The normalized spacial score (nSPS) is 30.1. The van der Waals surface area contributed by atoms with E-state index in [1.807, 2.05) is 0 Å². The highest BCUT2D eigenvalue weighted by Crippen LogP contribution is 2.26. The number of halogens is 3. The van der Waals surface area contributed by atoms with E-state index < -0.39 is 31.6 Å². The molecular formula is C6H9Cl3N2O3S. The number of nitrogens with one attached hydrogen (secondary N) is 1. The fourth-order valence-corrected chi connectivity index (χ4v) is 3.27. The highest BCUT2D eigenvalue weighted by atomic mass is 35.6. The Balaban J connectivity index is 2.66. The third-order valence-electron chi connectivity index (χ3n) is 1.97. The Bertz CT molecular complexity index is 364. The lowest BCUT2D eigenvalue weighted by molar-refractivity contribution is -0.120. The van der Waals surface area contributed by atoms with Crippen LogP contribution in [0.1, 0.15) is 0 Å². The zero-order valence-electron chi connectivity index (χ0n) is 7.41. The van der Waals surface area contributed by atoms with Crippen LogP contribution in [0.5, 0.6) is 0 Å². The van der Waals surface area contributed by atoms with Crippen molar-refractivity contribution in [1.29, 1.82) is 0 Å². The van der Waals surface area contributed by atoms with E-state index in [1.54, 1.807) is 0 Å². The topological polar surface area (TPSA) is 89.3 Å². The molecule has 1 aliphatic rings. The van der Waals surface area contributed by atoms with Crippen LogP contribution in [0.15, 0.2) is 0 Å². The molecule has 0 saturated carbocycles. The summed E-state index contributed by atoms with van der Waals surface area (Å²) in [5.74, 6) is -1.26. The summed E-state index contributed by atoms with van der Waals surface area (Å²) in [5, 5.41) is 2.29. The number of sulfone groups is 1. The van der Waals surface area contributed by atoms with E-state index >= 15 is 0 Å². The summed E-state index contributed by atoms with van der Waals surface area (Å²) in [6.07, 6.45) is 0. The molecular weight excluding hydrogens is 287 g/mol. The maximum atomic E-state index is 11.2. The quantitative estimate of drug-likeness (QED) is 0.644. The monoisotopic (exact) mass is 294 g/mol. The minimum Gasteiger partial charge on any atom is -0.347 e. The average Bonchev–Trinajstić information content (AvgIpc) is 2.22. The average molecular weight is 296 g/mol. The lowest BCUT2D eigenvalue weighted by Gasteiger charge is -2.18. The second-order valence-corrected chi connectivity index (χ2v) is 7.75. The van der Waals surface area contributed by atoms with Crippen LogP contribution in [0.25, 0.3) is 0 Å². The minimum absolute atomic E-state index is 0.169. The standard InChI is InChI=1S/C6H9Cl3N2O3S/c7-6(8,9)5(12)11-4-2-15(13,14)1-3(4)10/h3-4H,1-2,10H2,(H,11,12)/t3-,4+/m1/s1. The Morgan fingerprint density at radius 3 is 2.20 bits per heavy atom. The lowest BCUT2D eigenvalue weighted by atomic mass is 10.2. The molecule has 0 spiro atoms. The van der Waals surface area contributed by atoms with Crippen molar-refractivity contribution < 1.29 is 13.2 Å². The van der Waals surface area contributed by atoms with Gasteiger partial charge in [-0.3, -0.25) is 4.79 Å². The van der Waals surface area contributed by atoms with E-state index in [2.05, 4.69) is 5.32 Å². The summed E-state index contributed by atoms with van der Waals surface area (Å²) < 4.78 is 20.2. The molecule has 88 valence electrons. The minimum atomic E-state index is -3.20. The molecule has 3 N–H and O–H groups in total. The highest BCUT2D eigenvalue weighted by Gasteiger charge is 2.40. The fourth-order valence-electron chi connectivity index (χ4n) is 1.27. The Morgan fingerprint density at radius 2 is 1.87 bits per heavy atom. The molecule has 0 aromatic rings. The summed E-state index contributed by atoms with van der Waals surface area (Å²) in [5.41, 5.74) is 5.52. The second-order valence-electron chi connectivity index (χ2n) is 3.32. The molecule has 1 rings (SSSR count). The molecule has 0 unspecified atom stereocenters. The molecule has 9 heteroatoms. The molecule has 1 heterocycles. The van der Waals surface area contributed by atoms with Crippen molar-refractivity contribution in [3.05, 3.63) is 0 Å². The number of amides is 1. The van der Waals surface area contributed by atoms with Crippen LogP contribution < -0.4 is 11.1 Å². The number of carbonyl (C=O) groups is 1. The van der Waals surface area contributed by atoms with Crippen molar-refractivity contribution in [3.63, 3.8) is 0 Å². The zero-order chi connectivity index (χ0) is 11.9. The van der Waals surface area contributed by atoms with Gasteiger partial charge in [0.05, 0.1) is 17.5 Å². The van der Waals surface area contributed by atoms with Gasteiger partial charge >= 0.3 is 0 Å². The van der Waals surface area contributed by atoms with E-state index in [9.17, 15) is 13.2 Å². The summed E-state index contributed by atoms with van der Waals surface area (Å²) in [7, 11) is -3.20. The Labute approximate surface area is 102 Å². The Morgan fingerprint density at radius 1 is 1.33 bits per heavy atom.